The van der Waals surface area contributed by atoms with Crippen molar-refractivity contribution in [1.82, 2.24) is 15.5 Å². The number of aliphatic imine (C=N–C) groups is 1. The normalized spacial score (nSPS) is 17.2. The number of hydrogen-bond acceptors (Lipinski definition) is 3. The van der Waals surface area contributed by atoms with Gasteiger partial charge in [0.25, 0.3) is 0 Å². The third-order valence-corrected chi connectivity index (χ3v) is 5.54. The van der Waals surface area contributed by atoms with Crippen molar-refractivity contribution in [3.05, 3.63) is 20.8 Å². The van der Waals surface area contributed by atoms with Crippen LogP contribution in [0, 0.1) is 0 Å². The number of rotatable bonds is 5. The minimum atomic E-state index is 0. The summed E-state index contributed by atoms with van der Waals surface area (Å²) in [6, 6.07) is 3.32. The maximum Gasteiger partial charge on any atom is 0.191 e. The van der Waals surface area contributed by atoms with E-state index in [1.807, 2.05) is 0 Å². The fourth-order valence-corrected chi connectivity index (χ4v) is 3.87. The Morgan fingerprint density at radius 2 is 2.13 bits per heavy atom. The molecule has 0 atom stereocenters. The van der Waals surface area contributed by atoms with Crippen LogP contribution in [-0.4, -0.2) is 42.6 Å². The van der Waals surface area contributed by atoms with Gasteiger partial charge in [-0.2, -0.15) is 0 Å². The van der Waals surface area contributed by atoms with Gasteiger partial charge < -0.3 is 15.5 Å². The lowest BCUT2D eigenvalue weighted by Gasteiger charge is -2.35. The Balaban J connectivity index is 0.00000264. The van der Waals surface area contributed by atoms with E-state index >= 15 is 0 Å². The molecule has 1 aromatic heterocycles. The van der Waals surface area contributed by atoms with Gasteiger partial charge in [0.2, 0.25) is 0 Å². The molecular weight excluding hydrogens is 487 g/mol. The summed E-state index contributed by atoms with van der Waals surface area (Å²) in [6.45, 7) is 10.6. The van der Waals surface area contributed by atoms with Crippen molar-refractivity contribution >= 4 is 57.2 Å². The van der Waals surface area contributed by atoms with Crippen molar-refractivity contribution in [3.63, 3.8) is 0 Å². The molecule has 1 fully saturated rings. The third kappa shape index (κ3) is 7.27. The van der Waals surface area contributed by atoms with Crippen molar-refractivity contribution in [2.24, 2.45) is 4.99 Å². The van der Waals surface area contributed by atoms with E-state index in [2.05, 4.69) is 63.7 Å². The van der Waals surface area contributed by atoms with Gasteiger partial charge in [0.05, 0.1) is 10.3 Å². The van der Waals surface area contributed by atoms with Crippen LogP contribution in [0.4, 0.5) is 0 Å². The number of thiophene rings is 1. The molecule has 0 aromatic carbocycles. The van der Waals surface area contributed by atoms with Gasteiger partial charge in [-0.25, -0.2) is 4.99 Å². The van der Waals surface area contributed by atoms with E-state index in [0.29, 0.717) is 12.1 Å². The van der Waals surface area contributed by atoms with E-state index in [-0.39, 0.29) is 24.0 Å². The first kappa shape index (κ1) is 21.2. The predicted molar refractivity (Wildman–Crippen MR) is 115 cm³/mol. The number of nitrogens with one attached hydrogen (secondary N) is 2. The van der Waals surface area contributed by atoms with Gasteiger partial charge in [-0.15, -0.1) is 35.3 Å². The monoisotopic (exact) mass is 514 g/mol. The van der Waals surface area contributed by atoms with Crippen LogP contribution in [0.15, 0.2) is 20.2 Å². The Kier molecular flexibility index (Phi) is 10.0. The highest BCUT2D eigenvalue weighted by molar-refractivity contribution is 14.0. The molecule has 4 nitrogen and oxygen atoms in total. The molecule has 132 valence electrons. The minimum absolute atomic E-state index is 0. The molecule has 0 aliphatic carbocycles. The van der Waals surface area contributed by atoms with E-state index < -0.39 is 0 Å². The van der Waals surface area contributed by atoms with Crippen LogP contribution in [0.3, 0.4) is 0 Å². The molecule has 1 aliphatic rings. The fourth-order valence-electron chi connectivity index (χ4n) is 2.67. The number of likely N-dealkylation sites (tertiary alicyclic amines) is 1. The topological polar surface area (TPSA) is 39.7 Å². The van der Waals surface area contributed by atoms with Gasteiger partial charge in [-0.3, -0.25) is 0 Å². The van der Waals surface area contributed by atoms with Crippen molar-refractivity contribution in [2.75, 3.05) is 19.6 Å². The molecule has 0 amide bonds. The first-order chi connectivity index (χ1) is 10.6. The van der Waals surface area contributed by atoms with Crippen LogP contribution in [0.5, 0.6) is 0 Å². The molecule has 0 saturated carbocycles. The lowest BCUT2D eigenvalue weighted by Crippen LogP contribution is -2.49. The number of piperidine rings is 1. The highest BCUT2D eigenvalue weighted by atomic mass is 127. The Labute approximate surface area is 169 Å². The SMILES string of the molecule is CCNC(=NCc1csc(Br)c1)NC1CCN(C(C)C)CC1.I. The Bertz CT molecular complexity index is 484. The fraction of sp³-hybridized carbons (Fsp3) is 0.688. The minimum Gasteiger partial charge on any atom is -0.357 e. The summed E-state index contributed by atoms with van der Waals surface area (Å²) in [6.07, 6.45) is 2.37. The molecule has 1 aliphatic heterocycles. The molecule has 2 heterocycles. The quantitative estimate of drug-likeness (QED) is 0.353. The molecule has 0 bridgehead atoms. The lowest BCUT2D eigenvalue weighted by molar-refractivity contribution is 0.167. The number of halogens is 2. The van der Waals surface area contributed by atoms with Crippen LogP contribution in [-0.2, 0) is 6.54 Å². The van der Waals surface area contributed by atoms with Crippen LogP contribution in [0.2, 0.25) is 0 Å². The standard InChI is InChI=1S/C16H27BrN4S.HI/c1-4-18-16(19-10-13-9-15(17)22-11-13)20-14-5-7-21(8-6-14)12(2)3;/h9,11-12,14H,4-8,10H2,1-3H3,(H2,18,19,20);1H. The second-order valence-corrected chi connectivity index (χ2v) is 8.29. The van der Waals surface area contributed by atoms with Crippen LogP contribution in [0.1, 0.15) is 39.2 Å². The molecule has 2 N–H and O–H groups in total. The first-order valence-electron chi connectivity index (χ1n) is 8.10. The van der Waals surface area contributed by atoms with Gasteiger partial charge >= 0.3 is 0 Å². The summed E-state index contributed by atoms with van der Waals surface area (Å²) < 4.78 is 1.16. The lowest BCUT2D eigenvalue weighted by atomic mass is 10.0. The summed E-state index contributed by atoms with van der Waals surface area (Å²) in [7, 11) is 0. The van der Waals surface area contributed by atoms with E-state index in [1.54, 1.807) is 11.3 Å². The molecule has 7 heteroatoms. The third-order valence-electron chi connectivity index (χ3n) is 3.99. The van der Waals surface area contributed by atoms with Gasteiger partial charge in [0, 0.05) is 31.7 Å². The van der Waals surface area contributed by atoms with Crippen molar-refractivity contribution < 1.29 is 0 Å². The molecule has 2 rings (SSSR count). The van der Waals surface area contributed by atoms with Gasteiger partial charge in [0.15, 0.2) is 5.96 Å². The van der Waals surface area contributed by atoms with Gasteiger partial charge in [0.1, 0.15) is 0 Å². The smallest absolute Gasteiger partial charge is 0.191 e. The average molecular weight is 515 g/mol. The zero-order valence-electron chi connectivity index (χ0n) is 14.1. The second kappa shape index (κ2) is 10.9. The van der Waals surface area contributed by atoms with Crippen molar-refractivity contribution in [3.8, 4) is 0 Å². The maximum atomic E-state index is 4.71. The molecular formula is C16H28BrIN4S. The number of nitrogens with zero attached hydrogens (tertiary/aromatic N) is 2. The van der Waals surface area contributed by atoms with Gasteiger partial charge in [-0.1, -0.05) is 0 Å². The Morgan fingerprint density at radius 3 is 2.65 bits per heavy atom. The summed E-state index contributed by atoms with van der Waals surface area (Å²) >= 11 is 5.21. The Morgan fingerprint density at radius 1 is 1.43 bits per heavy atom. The molecule has 0 unspecified atom stereocenters. The maximum absolute atomic E-state index is 4.71. The van der Waals surface area contributed by atoms with E-state index in [9.17, 15) is 0 Å². The van der Waals surface area contributed by atoms with Crippen LogP contribution in [0.25, 0.3) is 0 Å². The molecule has 1 saturated heterocycles. The first-order valence-corrected chi connectivity index (χ1v) is 9.77. The van der Waals surface area contributed by atoms with E-state index in [1.165, 1.54) is 31.5 Å². The largest absolute Gasteiger partial charge is 0.357 e. The highest BCUT2D eigenvalue weighted by Gasteiger charge is 2.21. The van der Waals surface area contributed by atoms with Crippen LogP contribution >= 0.6 is 51.2 Å². The zero-order chi connectivity index (χ0) is 15.9. The van der Waals surface area contributed by atoms with Crippen molar-refractivity contribution in [2.45, 2.75) is 52.2 Å². The van der Waals surface area contributed by atoms with Crippen LogP contribution < -0.4 is 10.6 Å². The van der Waals surface area contributed by atoms with E-state index in [4.69, 9.17) is 4.99 Å². The summed E-state index contributed by atoms with van der Waals surface area (Å²) in [5.41, 5.74) is 1.25. The summed E-state index contributed by atoms with van der Waals surface area (Å²) in [5.74, 6) is 0.938. The molecule has 0 radical (unpaired) electrons. The molecule has 1 aromatic rings. The average Bonchev–Trinajstić information content (AvgIpc) is 2.91. The predicted octanol–water partition coefficient (Wildman–Crippen LogP) is 4.06. The zero-order valence-corrected chi connectivity index (χ0v) is 18.9. The van der Waals surface area contributed by atoms with E-state index in [0.717, 1.165) is 22.8 Å². The highest BCUT2D eigenvalue weighted by Crippen LogP contribution is 2.21. The second-order valence-electron chi connectivity index (χ2n) is 6.00. The number of hydrogen-bond donors (Lipinski definition) is 2. The molecule has 23 heavy (non-hydrogen) atoms. The summed E-state index contributed by atoms with van der Waals surface area (Å²) in [4.78, 5) is 7.26. The Hall–Kier alpha value is 0.140. The molecule has 0 spiro atoms. The van der Waals surface area contributed by atoms with Gasteiger partial charge in [-0.05, 0) is 66.6 Å². The number of guanidine groups is 1. The summed E-state index contributed by atoms with van der Waals surface area (Å²) in [5, 5.41) is 9.11. The van der Waals surface area contributed by atoms with Crippen molar-refractivity contribution in [1.29, 1.82) is 0 Å².